The fourth-order valence-corrected chi connectivity index (χ4v) is 8.20. The Bertz CT molecular complexity index is 1360. The summed E-state index contributed by atoms with van der Waals surface area (Å²) in [6.07, 6.45) is 7.39. The van der Waals surface area contributed by atoms with Gasteiger partial charge in [-0.05, 0) is 81.6 Å². The Morgan fingerprint density at radius 2 is 1.74 bits per heavy atom. The van der Waals surface area contributed by atoms with E-state index in [0.717, 1.165) is 32.4 Å². The van der Waals surface area contributed by atoms with E-state index in [1.165, 1.54) is 35.9 Å². The van der Waals surface area contributed by atoms with Crippen LogP contribution in [0.15, 0.2) is 23.3 Å². The molecule has 0 aromatic carbocycles. The number of carbonyl (C=O) groups is 1. The van der Waals surface area contributed by atoms with Crippen molar-refractivity contribution >= 4 is 11.4 Å². The number of amides is 1. The third-order valence-electron chi connectivity index (χ3n) is 10.7. The highest BCUT2D eigenvalue weighted by Crippen LogP contribution is 2.47. The van der Waals surface area contributed by atoms with Gasteiger partial charge in [0.05, 0.1) is 23.9 Å². The Labute approximate surface area is 251 Å². The lowest BCUT2D eigenvalue weighted by Gasteiger charge is -2.46. The molecule has 2 aliphatic heterocycles. The molecular formula is C31H46F3N7O2. The number of alkyl halides is 3. The summed E-state index contributed by atoms with van der Waals surface area (Å²) < 4.78 is 46.0. The van der Waals surface area contributed by atoms with Crippen molar-refractivity contribution < 1.29 is 18.0 Å². The van der Waals surface area contributed by atoms with Crippen molar-refractivity contribution in [2.75, 3.05) is 40.9 Å². The highest BCUT2D eigenvalue weighted by atomic mass is 19.4. The quantitative estimate of drug-likeness (QED) is 0.499. The Morgan fingerprint density at radius 3 is 2.35 bits per heavy atom. The molecular weight excluding hydrogens is 559 g/mol. The number of halogens is 3. The number of nitrogens with one attached hydrogen (secondary N) is 2. The molecule has 4 aliphatic rings. The summed E-state index contributed by atoms with van der Waals surface area (Å²) in [5, 5.41) is 0. The molecule has 2 aromatic rings. The molecule has 3 unspecified atom stereocenters. The predicted octanol–water partition coefficient (Wildman–Crippen LogP) is 3.89. The van der Waals surface area contributed by atoms with Crippen LogP contribution in [-0.4, -0.2) is 76.6 Å². The largest absolute Gasteiger partial charge is 0.418 e. The first-order chi connectivity index (χ1) is 20.5. The van der Waals surface area contributed by atoms with Gasteiger partial charge in [-0.3, -0.25) is 23.6 Å². The third kappa shape index (κ3) is 6.12. The summed E-state index contributed by atoms with van der Waals surface area (Å²) in [7, 11) is 5.61. The van der Waals surface area contributed by atoms with E-state index in [-0.39, 0.29) is 35.2 Å². The number of carbonyl (C=O) groups excluding carboxylic acids is 1. The van der Waals surface area contributed by atoms with Gasteiger partial charge in [0, 0.05) is 45.0 Å². The van der Waals surface area contributed by atoms with E-state index in [9.17, 15) is 22.8 Å². The van der Waals surface area contributed by atoms with Crippen molar-refractivity contribution in [2.24, 2.45) is 23.7 Å². The maximum atomic E-state index is 14.4. The van der Waals surface area contributed by atoms with Gasteiger partial charge in [0.15, 0.2) is 0 Å². The molecule has 2 aromatic heterocycles. The summed E-state index contributed by atoms with van der Waals surface area (Å²) in [5.41, 5.74) is 5.98. The molecule has 0 bridgehead atoms. The number of nitrogens with zero attached hydrogens (tertiary/aromatic N) is 5. The molecule has 2 saturated heterocycles. The molecule has 0 radical (unpaired) electrons. The smallest absolute Gasteiger partial charge is 0.349 e. The van der Waals surface area contributed by atoms with Gasteiger partial charge in [0.25, 0.3) is 0 Å². The van der Waals surface area contributed by atoms with Crippen LogP contribution >= 0.6 is 0 Å². The Hall–Kier alpha value is -2.41. The number of rotatable bonds is 7. The van der Waals surface area contributed by atoms with Gasteiger partial charge in [0.1, 0.15) is 0 Å². The maximum absolute atomic E-state index is 14.4. The lowest BCUT2D eigenvalue weighted by Crippen LogP contribution is -2.50. The van der Waals surface area contributed by atoms with Crippen LogP contribution in [0, 0.1) is 23.7 Å². The average molecular weight is 606 g/mol. The molecule has 238 valence electrons. The summed E-state index contributed by atoms with van der Waals surface area (Å²) in [4.78, 5) is 32.1. The third-order valence-corrected chi connectivity index (χ3v) is 10.7. The van der Waals surface area contributed by atoms with Crippen molar-refractivity contribution in [3.8, 4) is 0 Å². The number of imidazole rings is 1. The van der Waals surface area contributed by atoms with E-state index in [2.05, 4.69) is 27.7 Å². The van der Waals surface area contributed by atoms with Crippen molar-refractivity contribution in [3.05, 3.63) is 40.1 Å². The fraction of sp³-hybridized carbons (Fsp3) is 0.742. The van der Waals surface area contributed by atoms with Gasteiger partial charge < -0.3 is 4.90 Å². The minimum atomic E-state index is -4.58. The number of hydrogen-bond donors (Lipinski definition) is 2. The molecule has 43 heavy (non-hydrogen) atoms. The second-order valence-corrected chi connectivity index (χ2v) is 13.6. The van der Waals surface area contributed by atoms with Crippen LogP contribution in [0.3, 0.4) is 0 Å². The molecule has 2 N–H and O–H groups in total. The van der Waals surface area contributed by atoms with Gasteiger partial charge in [-0.15, -0.1) is 0 Å². The zero-order valence-corrected chi connectivity index (χ0v) is 25.6. The summed E-state index contributed by atoms with van der Waals surface area (Å²) in [5.74, 6) is 1.53. The summed E-state index contributed by atoms with van der Waals surface area (Å²) in [6, 6.07) is 1.09. The standard InChI is InChI=1S/C31H46F3N7O2/c1-37(2)29(42)22-10-12-39(13-11-22)16-20-14-25(31(32,33)34)26-18-40(30(43)41(26)17-20)24-9-5-8-23(15-24)27(21-6-4-7-21)28-36-35-19-38(28)3/h14,17-18,21-24,27-28,35-36H,4-13,15-16,19H2,1-3H3/t23?,24?,27-,28?/m1/s1. The zero-order chi connectivity index (χ0) is 30.5. The lowest BCUT2D eigenvalue weighted by molar-refractivity contribution is -0.137. The van der Waals surface area contributed by atoms with E-state index < -0.39 is 11.7 Å². The molecule has 4 heterocycles. The van der Waals surface area contributed by atoms with Crippen molar-refractivity contribution in [1.29, 1.82) is 0 Å². The van der Waals surface area contributed by atoms with Gasteiger partial charge in [-0.25, -0.2) is 15.6 Å². The second-order valence-electron chi connectivity index (χ2n) is 13.6. The number of aromatic nitrogens is 2. The van der Waals surface area contributed by atoms with E-state index in [4.69, 9.17) is 0 Å². The van der Waals surface area contributed by atoms with Crippen LogP contribution in [0.2, 0.25) is 0 Å². The van der Waals surface area contributed by atoms with Crippen molar-refractivity contribution in [3.63, 3.8) is 0 Å². The summed E-state index contributed by atoms with van der Waals surface area (Å²) in [6.45, 7) is 2.35. The Balaban J connectivity index is 1.25. The predicted molar refractivity (Wildman–Crippen MR) is 158 cm³/mol. The highest BCUT2D eigenvalue weighted by Gasteiger charge is 2.44. The molecule has 4 atom stereocenters. The first-order valence-corrected chi connectivity index (χ1v) is 16.0. The fourth-order valence-electron chi connectivity index (χ4n) is 8.20. The van der Waals surface area contributed by atoms with Crippen LogP contribution in [-0.2, 0) is 17.5 Å². The molecule has 4 fully saturated rings. The molecule has 2 saturated carbocycles. The summed E-state index contributed by atoms with van der Waals surface area (Å²) >= 11 is 0. The molecule has 6 rings (SSSR count). The second kappa shape index (κ2) is 12.2. The van der Waals surface area contributed by atoms with E-state index in [1.54, 1.807) is 29.8 Å². The van der Waals surface area contributed by atoms with Crippen LogP contribution in [0.4, 0.5) is 13.2 Å². The van der Waals surface area contributed by atoms with Crippen LogP contribution in [0.25, 0.3) is 5.52 Å². The molecule has 9 nitrogen and oxygen atoms in total. The van der Waals surface area contributed by atoms with Gasteiger partial charge in [-0.2, -0.15) is 13.2 Å². The monoisotopic (exact) mass is 605 g/mol. The first kappa shape index (κ1) is 30.6. The number of fused-ring (bicyclic) bond motifs is 1. The molecule has 12 heteroatoms. The van der Waals surface area contributed by atoms with Gasteiger partial charge >= 0.3 is 11.9 Å². The number of likely N-dealkylation sites (tertiary alicyclic amines) is 1. The van der Waals surface area contributed by atoms with Crippen LogP contribution < -0.4 is 16.5 Å². The number of piperidine rings is 1. The zero-order valence-electron chi connectivity index (χ0n) is 25.6. The topological polar surface area (TPSA) is 77.3 Å². The molecule has 1 amide bonds. The Morgan fingerprint density at radius 1 is 1.05 bits per heavy atom. The molecule has 0 spiro atoms. The van der Waals surface area contributed by atoms with E-state index in [1.807, 2.05) is 0 Å². The highest BCUT2D eigenvalue weighted by molar-refractivity contribution is 5.78. The van der Waals surface area contributed by atoms with Crippen LogP contribution in [0.5, 0.6) is 0 Å². The number of hydrazine groups is 1. The van der Waals surface area contributed by atoms with Crippen molar-refractivity contribution in [1.82, 2.24) is 34.5 Å². The average Bonchev–Trinajstić information content (AvgIpc) is 3.52. The van der Waals surface area contributed by atoms with Crippen LogP contribution in [0.1, 0.15) is 75.0 Å². The number of pyridine rings is 1. The van der Waals surface area contributed by atoms with Crippen molar-refractivity contribution in [2.45, 2.75) is 82.7 Å². The van der Waals surface area contributed by atoms with Gasteiger partial charge in [0.2, 0.25) is 5.91 Å². The first-order valence-electron chi connectivity index (χ1n) is 16.0. The Kier molecular flexibility index (Phi) is 8.67. The van der Waals surface area contributed by atoms with E-state index in [0.29, 0.717) is 55.8 Å². The SMILES string of the molecule is CN(C)C(=O)C1CCN(Cc2cc(C(F)(F)F)c3cn(C4CCCC([C@@H](C5CCC5)C5NNCN5C)C4)c(=O)n3c2)CC1. The van der Waals surface area contributed by atoms with Gasteiger partial charge in [-0.1, -0.05) is 25.7 Å². The minimum Gasteiger partial charge on any atom is -0.349 e. The minimum absolute atomic E-state index is 0.0551. The molecule has 2 aliphatic carbocycles. The number of hydrogen-bond acceptors (Lipinski definition) is 6. The normalized spacial score (nSPS) is 27.4. The maximum Gasteiger partial charge on any atom is 0.418 e. The van der Waals surface area contributed by atoms with E-state index >= 15 is 0 Å². The lowest BCUT2D eigenvalue weighted by atomic mass is 9.65.